The van der Waals surface area contributed by atoms with Gasteiger partial charge in [0.15, 0.2) is 0 Å². The van der Waals surface area contributed by atoms with E-state index in [1.807, 2.05) is 12.1 Å². The molecule has 3 aromatic carbocycles. The third kappa shape index (κ3) is 6.72. The zero-order valence-electron chi connectivity index (χ0n) is 24.9. The summed E-state index contributed by atoms with van der Waals surface area (Å²) in [5.41, 5.74) is 5.65. The normalized spacial score (nSPS) is 16.5. The molecule has 230 valence electrons. The van der Waals surface area contributed by atoms with Crippen molar-refractivity contribution >= 4 is 40.9 Å². The van der Waals surface area contributed by atoms with Gasteiger partial charge in [0.2, 0.25) is 5.91 Å². The summed E-state index contributed by atoms with van der Waals surface area (Å²) in [6.45, 7) is 0.0339. The summed E-state index contributed by atoms with van der Waals surface area (Å²) >= 11 is 0. The van der Waals surface area contributed by atoms with Crippen molar-refractivity contribution in [1.82, 2.24) is 10.2 Å². The minimum absolute atomic E-state index is 0.0330. The number of carboxylic acid groups (broad SMARTS) is 1. The number of carbonyl (C=O) groups excluding carboxylic acids is 4. The van der Waals surface area contributed by atoms with Crippen molar-refractivity contribution in [1.29, 1.82) is 0 Å². The first-order valence-electron chi connectivity index (χ1n) is 15.5. The maximum Gasteiger partial charge on any atom is 0.305 e. The molecule has 3 aliphatic rings. The van der Waals surface area contributed by atoms with Crippen molar-refractivity contribution in [2.45, 2.75) is 63.3 Å². The molecule has 4 amide bonds. The van der Waals surface area contributed by atoms with Gasteiger partial charge in [0.25, 0.3) is 17.7 Å². The summed E-state index contributed by atoms with van der Waals surface area (Å²) in [6, 6.07) is 19.8. The Morgan fingerprint density at radius 1 is 0.889 bits per heavy atom. The average Bonchev–Trinajstić information content (AvgIpc) is 3.85. The summed E-state index contributed by atoms with van der Waals surface area (Å²) in [6.07, 6.45) is 8.60. The maximum absolute atomic E-state index is 13.9. The van der Waals surface area contributed by atoms with E-state index in [0.29, 0.717) is 28.8 Å². The van der Waals surface area contributed by atoms with Crippen LogP contribution < -0.4 is 10.6 Å². The number of imide groups is 1. The summed E-state index contributed by atoms with van der Waals surface area (Å²) < 4.78 is 0. The van der Waals surface area contributed by atoms with Crippen LogP contribution in [0, 0.1) is 0 Å². The van der Waals surface area contributed by atoms with Gasteiger partial charge in [-0.05, 0) is 97.5 Å². The summed E-state index contributed by atoms with van der Waals surface area (Å²) in [5, 5.41) is 14.4. The highest BCUT2D eigenvalue weighted by molar-refractivity contribution is 6.22. The molecule has 3 N–H and O–H groups in total. The van der Waals surface area contributed by atoms with E-state index in [1.54, 1.807) is 42.5 Å². The van der Waals surface area contributed by atoms with Gasteiger partial charge in [0.1, 0.15) is 0 Å². The molecule has 0 aromatic heterocycles. The number of carboxylic acids is 1. The van der Waals surface area contributed by atoms with Crippen LogP contribution in [0.1, 0.15) is 98.6 Å². The van der Waals surface area contributed by atoms with E-state index in [4.69, 9.17) is 5.11 Å². The van der Waals surface area contributed by atoms with Crippen molar-refractivity contribution < 1.29 is 29.1 Å². The van der Waals surface area contributed by atoms with E-state index < -0.39 is 11.9 Å². The number of nitrogens with one attached hydrogen (secondary N) is 2. The summed E-state index contributed by atoms with van der Waals surface area (Å²) in [7, 11) is 0. The van der Waals surface area contributed by atoms with E-state index in [-0.39, 0.29) is 42.6 Å². The highest BCUT2D eigenvalue weighted by atomic mass is 16.4. The van der Waals surface area contributed by atoms with Gasteiger partial charge in [0, 0.05) is 23.8 Å². The second-order valence-corrected chi connectivity index (χ2v) is 11.9. The smallest absolute Gasteiger partial charge is 0.305 e. The number of benzene rings is 3. The molecule has 1 fully saturated rings. The maximum atomic E-state index is 13.9. The van der Waals surface area contributed by atoms with E-state index in [0.717, 1.165) is 42.4 Å². The molecule has 9 nitrogen and oxygen atoms in total. The van der Waals surface area contributed by atoms with Gasteiger partial charge in [-0.2, -0.15) is 0 Å². The molecule has 0 radical (unpaired) electrons. The molecule has 1 aliphatic heterocycles. The topological polar surface area (TPSA) is 133 Å². The fourth-order valence-electron chi connectivity index (χ4n) is 6.04. The van der Waals surface area contributed by atoms with E-state index in [2.05, 4.69) is 28.8 Å². The van der Waals surface area contributed by atoms with Gasteiger partial charge in [0.05, 0.1) is 23.5 Å². The van der Waals surface area contributed by atoms with Gasteiger partial charge < -0.3 is 15.7 Å². The molecule has 0 saturated heterocycles. The Morgan fingerprint density at radius 3 is 2.29 bits per heavy atom. The second-order valence-electron chi connectivity index (χ2n) is 11.9. The Balaban J connectivity index is 1.22. The number of hydrogen-bond donors (Lipinski definition) is 3. The lowest BCUT2D eigenvalue weighted by atomic mass is 9.88. The summed E-state index contributed by atoms with van der Waals surface area (Å²) in [5.74, 6) is -2.78. The molecule has 3 aromatic rings. The Morgan fingerprint density at radius 2 is 1.62 bits per heavy atom. The van der Waals surface area contributed by atoms with Gasteiger partial charge >= 0.3 is 5.97 Å². The lowest BCUT2D eigenvalue weighted by Gasteiger charge is -2.19. The van der Waals surface area contributed by atoms with Gasteiger partial charge in [-0.3, -0.25) is 28.9 Å². The minimum atomic E-state index is -0.987. The molecule has 6 rings (SSSR count). The molecule has 1 unspecified atom stereocenters. The van der Waals surface area contributed by atoms with Crippen LogP contribution in [0.25, 0.3) is 5.57 Å². The highest BCUT2D eigenvalue weighted by Crippen LogP contribution is 2.36. The van der Waals surface area contributed by atoms with Crippen molar-refractivity contribution in [2.24, 2.45) is 0 Å². The second kappa shape index (κ2) is 12.9. The molecule has 9 heteroatoms. The Hall–Kier alpha value is -5.05. The molecular formula is C36H35N3O6. The number of fused-ring (bicyclic) bond motifs is 1. The van der Waals surface area contributed by atoms with E-state index in [9.17, 15) is 24.0 Å². The number of aliphatic carboxylic acids is 1. The lowest BCUT2D eigenvalue weighted by Crippen LogP contribution is -2.31. The van der Waals surface area contributed by atoms with Crippen LogP contribution in [-0.2, 0) is 16.0 Å². The Labute approximate surface area is 261 Å². The first kappa shape index (κ1) is 30.0. The van der Waals surface area contributed by atoms with Gasteiger partial charge in [-0.15, -0.1) is 0 Å². The first-order valence-corrected chi connectivity index (χ1v) is 15.5. The van der Waals surface area contributed by atoms with Crippen molar-refractivity contribution in [3.63, 3.8) is 0 Å². The number of allylic oxidation sites excluding steroid dienone is 2. The van der Waals surface area contributed by atoms with Gasteiger partial charge in [-0.1, -0.05) is 42.5 Å². The molecule has 1 atom stereocenters. The van der Waals surface area contributed by atoms with Crippen LogP contribution in [0.15, 0.2) is 72.8 Å². The Bertz CT molecular complexity index is 1690. The van der Waals surface area contributed by atoms with Gasteiger partial charge in [-0.25, -0.2) is 0 Å². The largest absolute Gasteiger partial charge is 0.481 e. The van der Waals surface area contributed by atoms with Crippen molar-refractivity contribution in [3.05, 3.63) is 106 Å². The fraction of sp³-hybridized carbons (Fsp3) is 0.306. The molecule has 1 heterocycles. The number of anilines is 1. The van der Waals surface area contributed by atoms with Crippen LogP contribution in [0.2, 0.25) is 0 Å². The molecule has 0 bridgehead atoms. The van der Waals surface area contributed by atoms with E-state index in [1.165, 1.54) is 23.3 Å². The number of hydrogen-bond acceptors (Lipinski definition) is 5. The average molecular weight is 606 g/mol. The minimum Gasteiger partial charge on any atom is -0.481 e. The fourth-order valence-corrected chi connectivity index (χ4v) is 6.04. The van der Waals surface area contributed by atoms with Crippen LogP contribution in [-0.4, -0.2) is 52.2 Å². The monoisotopic (exact) mass is 605 g/mol. The number of rotatable bonds is 11. The molecule has 45 heavy (non-hydrogen) atoms. The van der Waals surface area contributed by atoms with Crippen LogP contribution in [0.4, 0.5) is 5.69 Å². The van der Waals surface area contributed by atoms with E-state index >= 15 is 0 Å². The zero-order valence-corrected chi connectivity index (χ0v) is 24.9. The third-order valence-electron chi connectivity index (χ3n) is 8.67. The van der Waals surface area contributed by atoms with Crippen LogP contribution in [0.3, 0.4) is 0 Å². The third-order valence-corrected chi connectivity index (χ3v) is 8.67. The predicted octanol–water partition coefficient (Wildman–Crippen LogP) is 5.57. The van der Waals surface area contributed by atoms with Crippen LogP contribution in [0.5, 0.6) is 0 Å². The quantitative estimate of drug-likeness (QED) is 0.245. The number of carbonyl (C=O) groups is 5. The van der Waals surface area contributed by atoms with Crippen molar-refractivity contribution in [3.8, 4) is 0 Å². The number of nitrogens with zero attached hydrogens (tertiary/aromatic N) is 1. The van der Waals surface area contributed by atoms with Crippen LogP contribution >= 0.6 is 0 Å². The van der Waals surface area contributed by atoms with Crippen molar-refractivity contribution in [2.75, 3.05) is 11.9 Å². The molecule has 1 saturated carbocycles. The lowest BCUT2D eigenvalue weighted by molar-refractivity contribution is -0.136. The highest BCUT2D eigenvalue weighted by Gasteiger charge is 2.44. The predicted molar refractivity (Wildman–Crippen MR) is 169 cm³/mol. The zero-order chi connectivity index (χ0) is 31.5. The molecule has 2 aliphatic carbocycles. The standard InChI is InChI=1S/C36H35N3O6/c40-32(41)18-19-37-33(42)26-8-6-22(7-9-26)20-30(25-12-10-24(11-13-25)23-4-2-1-3-5-23)34(43)38-27-14-17-29-31(21-27)36(45)39(35(29)44)28-15-16-28/h4,6-14,17,21,28,30H,1-3,5,15-16,18-20H2,(H,37,42)(H,38,43)(H,40,41). The number of amides is 4. The molecular weight excluding hydrogens is 570 g/mol. The Kier molecular flexibility index (Phi) is 8.60. The summed E-state index contributed by atoms with van der Waals surface area (Å²) in [4.78, 5) is 64.1. The first-order chi connectivity index (χ1) is 21.8. The SMILES string of the molecule is O=C(O)CCNC(=O)c1ccc(CC(C(=O)Nc2ccc3c(c2)C(=O)N(C2CC2)C3=O)c2ccc(C3=CCCCC3)cc2)cc1. The molecule has 0 spiro atoms.